The molecule has 1 heteroatoms. The monoisotopic (exact) mass is 184 g/mol. The van der Waals surface area contributed by atoms with Crippen molar-refractivity contribution in [2.24, 2.45) is 11.3 Å². The zero-order valence-electron chi connectivity index (χ0n) is 9.51. The van der Waals surface area contributed by atoms with Crippen molar-refractivity contribution >= 4 is 0 Å². The van der Waals surface area contributed by atoms with Crippen molar-refractivity contribution in [3.63, 3.8) is 0 Å². The quantitative estimate of drug-likeness (QED) is 0.627. The normalized spacial score (nSPS) is 15.2. The lowest BCUT2D eigenvalue weighted by Gasteiger charge is -2.20. The number of aliphatic hydroxyl groups is 1. The third-order valence-corrected chi connectivity index (χ3v) is 2.79. The Labute approximate surface area is 82.9 Å². The van der Waals surface area contributed by atoms with Gasteiger partial charge in [-0.25, -0.2) is 0 Å². The minimum absolute atomic E-state index is 0.277. The van der Waals surface area contributed by atoms with Crippen LogP contribution in [0.25, 0.3) is 0 Å². The van der Waals surface area contributed by atoms with E-state index in [0.29, 0.717) is 11.3 Å². The van der Waals surface area contributed by atoms with Gasteiger partial charge in [-0.05, 0) is 24.2 Å². The Morgan fingerprint density at radius 3 is 2.31 bits per heavy atom. The number of hydrogen-bond acceptors (Lipinski definition) is 1. The van der Waals surface area contributed by atoms with Crippen molar-refractivity contribution in [1.29, 1.82) is 0 Å². The van der Waals surface area contributed by atoms with Crippen molar-refractivity contribution in [2.45, 2.75) is 47.0 Å². The Bertz CT molecular complexity index is 143. The number of rotatable bonds is 6. The average molecular weight is 184 g/mol. The van der Waals surface area contributed by atoms with Gasteiger partial charge >= 0.3 is 0 Å². The van der Waals surface area contributed by atoms with Gasteiger partial charge in [-0.1, -0.05) is 46.3 Å². The van der Waals surface area contributed by atoms with Crippen LogP contribution in [0, 0.1) is 11.3 Å². The van der Waals surface area contributed by atoms with E-state index in [2.05, 4.69) is 39.8 Å². The van der Waals surface area contributed by atoms with Gasteiger partial charge in [-0.2, -0.15) is 0 Å². The maximum Gasteiger partial charge on any atom is 0.0493 e. The Balaban J connectivity index is 3.85. The molecule has 0 aliphatic rings. The molecule has 0 rings (SSSR count). The highest BCUT2D eigenvalue weighted by molar-refractivity contribution is 4.91. The average Bonchev–Trinajstić information content (AvgIpc) is 2.12. The molecule has 0 aliphatic heterocycles. The molecule has 0 heterocycles. The van der Waals surface area contributed by atoms with Crippen LogP contribution in [0.5, 0.6) is 0 Å². The van der Waals surface area contributed by atoms with E-state index in [9.17, 15) is 0 Å². The van der Waals surface area contributed by atoms with E-state index in [1.807, 2.05) is 0 Å². The standard InChI is InChI=1S/C12H24O/c1-5-11(10-13)8-7-9-12(3,4)6-2/h7-8,11,13H,5-6,9-10H2,1-4H3. The van der Waals surface area contributed by atoms with E-state index in [0.717, 1.165) is 12.8 Å². The minimum atomic E-state index is 0.277. The van der Waals surface area contributed by atoms with Crippen LogP contribution in [0.15, 0.2) is 12.2 Å². The smallest absolute Gasteiger partial charge is 0.0493 e. The van der Waals surface area contributed by atoms with Crippen LogP contribution in [0.1, 0.15) is 47.0 Å². The highest BCUT2D eigenvalue weighted by Gasteiger charge is 2.12. The topological polar surface area (TPSA) is 20.2 Å². The lowest BCUT2D eigenvalue weighted by atomic mass is 9.86. The van der Waals surface area contributed by atoms with Gasteiger partial charge in [0.05, 0.1) is 0 Å². The zero-order chi connectivity index (χ0) is 10.3. The number of aliphatic hydroxyl groups excluding tert-OH is 1. The maximum absolute atomic E-state index is 8.96. The van der Waals surface area contributed by atoms with Crippen LogP contribution >= 0.6 is 0 Å². The number of hydrogen-bond donors (Lipinski definition) is 1. The van der Waals surface area contributed by atoms with Gasteiger partial charge in [0.25, 0.3) is 0 Å². The first-order valence-corrected chi connectivity index (χ1v) is 5.33. The first-order valence-electron chi connectivity index (χ1n) is 5.33. The van der Waals surface area contributed by atoms with Crippen LogP contribution < -0.4 is 0 Å². The van der Waals surface area contributed by atoms with Gasteiger partial charge in [0, 0.05) is 6.61 Å². The molecule has 0 fully saturated rings. The fraction of sp³-hybridized carbons (Fsp3) is 0.833. The van der Waals surface area contributed by atoms with E-state index < -0.39 is 0 Å². The predicted molar refractivity (Wildman–Crippen MR) is 58.7 cm³/mol. The van der Waals surface area contributed by atoms with Gasteiger partial charge in [-0.3, -0.25) is 0 Å². The Kier molecular flexibility index (Phi) is 6.06. The maximum atomic E-state index is 8.96. The Morgan fingerprint density at radius 2 is 1.92 bits per heavy atom. The van der Waals surface area contributed by atoms with Crippen LogP contribution in [0.4, 0.5) is 0 Å². The second-order valence-corrected chi connectivity index (χ2v) is 4.50. The molecule has 1 unspecified atom stereocenters. The molecule has 0 saturated carbocycles. The molecule has 0 radical (unpaired) electrons. The SMILES string of the molecule is CCC(C=CCC(C)(C)CC)CO. The molecule has 0 aromatic heterocycles. The molecule has 1 nitrogen and oxygen atoms in total. The predicted octanol–water partition coefficient (Wildman–Crippen LogP) is 3.39. The highest BCUT2D eigenvalue weighted by Crippen LogP contribution is 2.25. The van der Waals surface area contributed by atoms with Crippen LogP contribution in [-0.4, -0.2) is 11.7 Å². The van der Waals surface area contributed by atoms with Crippen molar-refractivity contribution in [3.8, 4) is 0 Å². The summed E-state index contributed by atoms with van der Waals surface area (Å²) in [5.74, 6) is 0.354. The second kappa shape index (κ2) is 6.20. The van der Waals surface area contributed by atoms with Crippen LogP contribution in [-0.2, 0) is 0 Å². The summed E-state index contributed by atoms with van der Waals surface area (Å²) in [4.78, 5) is 0. The summed E-state index contributed by atoms with van der Waals surface area (Å²) in [6.07, 6.45) is 7.71. The molecule has 78 valence electrons. The second-order valence-electron chi connectivity index (χ2n) is 4.50. The Morgan fingerprint density at radius 1 is 1.31 bits per heavy atom. The van der Waals surface area contributed by atoms with Crippen molar-refractivity contribution in [1.82, 2.24) is 0 Å². The highest BCUT2D eigenvalue weighted by atomic mass is 16.3. The summed E-state index contributed by atoms with van der Waals surface area (Å²) in [5.41, 5.74) is 0.407. The molecular weight excluding hydrogens is 160 g/mol. The van der Waals surface area contributed by atoms with Crippen LogP contribution in [0.2, 0.25) is 0 Å². The van der Waals surface area contributed by atoms with Gasteiger partial charge < -0.3 is 5.11 Å². The summed E-state index contributed by atoms with van der Waals surface area (Å²) in [5, 5.41) is 8.96. The summed E-state index contributed by atoms with van der Waals surface area (Å²) < 4.78 is 0. The number of allylic oxidation sites excluding steroid dienone is 1. The van der Waals surface area contributed by atoms with Gasteiger partial charge in [0.1, 0.15) is 0 Å². The first kappa shape index (κ1) is 12.7. The van der Waals surface area contributed by atoms with Gasteiger partial charge in [0.15, 0.2) is 0 Å². The summed E-state index contributed by atoms with van der Waals surface area (Å²) in [6, 6.07) is 0. The molecule has 0 bridgehead atoms. The molecule has 0 aliphatic carbocycles. The third kappa shape index (κ3) is 5.87. The molecule has 13 heavy (non-hydrogen) atoms. The zero-order valence-corrected chi connectivity index (χ0v) is 9.51. The lowest BCUT2D eigenvalue weighted by Crippen LogP contribution is -2.08. The molecule has 1 atom stereocenters. The molecule has 0 spiro atoms. The van der Waals surface area contributed by atoms with E-state index >= 15 is 0 Å². The lowest BCUT2D eigenvalue weighted by molar-refractivity contribution is 0.249. The van der Waals surface area contributed by atoms with E-state index in [1.54, 1.807) is 0 Å². The summed E-state index contributed by atoms with van der Waals surface area (Å²) in [7, 11) is 0. The Hall–Kier alpha value is -0.300. The summed E-state index contributed by atoms with van der Waals surface area (Å²) >= 11 is 0. The third-order valence-electron chi connectivity index (χ3n) is 2.79. The fourth-order valence-corrected chi connectivity index (χ4v) is 1.05. The van der Waals surface area contributed by atoms with Gasteiger partial charge in [0.2, 0.25) is 0 Å². The molecule has 0 amide bonds. The van der Waals surface area contributed by atoms with Crippen molar-refractivity contribution < 1.29 is 5.11 Å². The summed E-state index contributed by atoms with van der Waals surface area (Å²) in [6.45, 7) is 9.15. The van der Waals surface area contributed by atoms with Crippen molar-refractivity contribution in [3.05, 3.63) is 12.2 Å². The van der Waals surface area contributed by atoms with E-state index in [-0.39, 0.29) is 6.61 Å². The van der Waals surface area contributed by atoms with E-state index in [1.165, 1.54) is 6.42 Å². The molecule has 0 aromatic rings. The van der Waals surface area contributed by atoms with Gasteiger partial charge in [-0.15, -0.1) is 0 Å². The largest absolute Gasteiger partial charge is 0.396 e. The molecular formula is C12H24O. The molecule has 0 saturated heterocycles. The minimum Gasteiger partial charge on any atom is -0.396 e. The molecule has 0 aromatic carbocycles. The fourth-order valence-electron chi connectivity index (χ4n) is 1.05. The first-order chi connectivity index (χ1) is 6.05. The van der Waals surface area contributed by atoms with Crippen LogP contribution in [0.3, 0.4) is 0 Å². The van der Waals surface area contributed by atoms with E-state index in [4.69, 9.17) is 5.11 Å². The molecule has 1 N–H and O–H groups in total. The van der Waals surface area contributed by atoms with Crippen molar-refractivity contribution in [2.75, 3.05) is 6.61 Å².